The molecule has 0 amide bonds. The number of Topliss-reactive ketones (excluding diaryl/α,β-unsaturated/α-hetero) is 1. The van der Waals surface area contributed by atoms with Crippen LogP contribution in [0.4, 0.5) is 5.69 Å². The number of fused-ring (bicyclic) bond motifs is 3. The maximum absolute atomic E-state index is 12.2. The molecule has 1 unspecified atom stereocenters. The summed E-state index contributed by atoms with van der Waals surface area (Å²) in [6.45, 7) is 4.32. The fourth-order valence-corrected chi connectivity index (χ4v) is 3.11. The number of halogens is 1. The number of ketones is 1. The molecule has 2 aliphatic heterocycles. The summed E-state index contributed by atoms with van der Waals surface area (Å²) in [5, 5.41) is 0. The highest BCUT2D eigenvalue weighted by molar-refractivity contribution is 9.10. The predicted octanol–water partition coefficient (Wildman–Crippen LogP) is 2.63. The van der Waals surface area contributed by atoms with E-state index in [1.165, 1.54) is 0 Å². The second-order valence-corrected chi connectivity index (χ2v) is 5.88. The van der Waals surface area contributed by atoms with Gasteiger partial charge in [0.15, 0.2) is 5.78 Å². The molecular formula is C13H14BrNO2. The van der Waals surface area contributed by atoms with Gasteiger partial charge in [0.05, 0.1) is 18.8 Å². The van der Waals surface area contributed by atoms with E-state index in [1.807, 2.05) is 18.2 Å². The summed E-state index contributed by atoms with van der Waals surface area (Å²) in [5.41, 5.74) is 1.71. The smallest absolute Gasteiger partial charge is 0.167 e. The lowest BCUT2D eigenvalue weighted by molar-refractivity contribution is 0.0472. The first-order valence-electron chi connectivity index (χ1n) is 5.78. The van der Waals surface area contributed by atoms with Crippen LogP contribution in [0.15, 0.2) is 22.7 Å². The SMILES string of the molecule is CC12COCCN1c1cc(Br)ccc1C(=O)C2. The van der Waals surface area contributed by atoms with E-state index in [4.69, 9.17) is 4.74 Å². The summed E-state index contributed by atoms with van der Waals surface area (Å²) >= 11 is 3.48. The van der Waals surface area contributed by atoms with Crippen LogP contribution >= 0.6 is 15.9 Å². The van der Waals surface area contributed by atoms with Gasteiger partial charge in [-0.25, -0.2) is 0 Å². The number of nitrogens with zero attached hydrogens (tertiary/aromatic N) is 1. The van der Waals surface area contributed by atoms with E-state index in [9.17, 15) is 4.79 Å². The van der Waals surface area contributed by atoms with Gasteiger partial charge in [0.1, 0.15) is 0 Å². The minimum atomic E-state index is -0.177. The van der Waals surface area contributed by atoms with Crippen LogP contribution in [0.2, 0.25) is 0 Å². The molecule has 2 aliphatic rings. The van der Waals surface area contributed by atoms with Crippen molar-refractivity contribution in [3.05, 3.63) is 28.2 Å². The standard InChI is InChI=1S/C13H14BrNO2/c1-13-7-12(16)10-3-2-9(14)6-11(10)15(13)4-5-17-8-13/h2-3,6H,4-5,7-8H2,1H3. The molecule has 4 heteroatoms. The number of morpholine rings is 1. The van der Waals surface area contributed by atoms with Crippen LogP contribution < -0.4 is 4.90 Å². The van der Waals surface area contributed by atoms with Crippen LogP contribution in [0.25, 0.3) is 0 Å². The molecule has 2 heterocycles. The Balaban J connectivity index is 2.15. The van der Waals surface area contributed by atoms with Crippen LogP contribution in [0, 0.1) is 0 Å². The molecule has 0 spiro atoms. The zero-order chi connectivity index (χ0) is 12.0. The van der Waals surface area contributed by atoms with Crippen LogP contribution in [0.1, 0.15) is 23.7 Å². The molecule has 17 heavy (non-hydrogen) atoms. The summed E-state index contributed by atoms with van der Waals surface area (Å²) < 4.78 is 6.54. The minimum absolute atomic E-state index is 0.177. The van der Waals surface area contributed by atoms with Crippen molar-refractivity contribution in [2.24, 2.45) is 0 Å². The van der Waals surface area contributed by atoms with Crippen molar-refractivity contribution in [1.82, 2.24) is 0 Å². The van der Waals surface area contributed by atoms with Gasteiger partial charge in [-0.15, -0.1) is 0 Å². The highest BCUT2D eigenvalue weighted by Crippen LogP contribution is 2.39. The second-order valence-electron chi connectivity index (χ2n) is 4.96. The minimum Gasteiger partial charge on any atom is -0.377 e. The number of hydrogen-bond acceptors (Lipinski definition) is 3. The summed E-state index contributed by atoms with van der Waals surface area (Å²) in [6.07, 6.45) is 0.543. The van der Waals surface area contributed by atoms with Crippen LogP contribution in [0.3, 0.4) is 0 Å². The topological polar surface area (TPSA) is 29.5 Å². The van der Waals surface area contributed by atoms with Gasteiger partial charge in [-0.1, -0.05) is 15.9 Å². The number of ether oxygens (including phenoxy) is 1. The van der Waals surface area contributed by atoms with Gasteiger partial charge in [-0.05, 0) is 25.1 Å². The largest absolute Gasteiger partial charge is 0.377 e. The van der Waals surface area contributed by atoms with Crippen molar-refractivity contribution in [2.45, 2.75) is 18.9 Å². The molecule has 90 valence electrons. The maximum atomic E-state index is 12.2. The fourth-order valence-electron chi connectivity index (χ4n) is 2.76. The molecule has 0 saturated carbocycles. The first kappa shape index (κ1) is 11.2. The van der Waals surface area contributed by atoms with E-state index in [0.717, 1.165) is 28.9 Å². The Morgan fingerprint density at radius 1 is 1.47 bits per heavy atom. The van der Waals surface area contributed by atoms with E-state index in [-0.39, 0.29) is 11.3 Å². The third-order valence-electron chi connectivity index (χ3n) is 3.62. The lowest BCUT2D eigenvalue weighted by Crippen LogP contribution is -2.58. The van der Waals surface area contributed by atoms with Crippen molar-refractivity contribution < 1.29 is 9.53 Å². The molecule has 1 fully saturated rings. The van der Waals surface area contributed by atoms with Gasteiger partial charge in [-0.2, -0.15) is 0 Å². The molecule has 0 aliphatic carbocycles. The molecule has 1 saturated heterocycles. The van der Waals surface area contributed by atoms with Gasteiger partial charge in [0.25, 0.3) is 0 Å². The highest BCUT2D eigenvalue weighted by atomic mass is 79.9. The van der Waals surface area contributed by atoms with Crippen molar-refractivity contribution in [3.8, 4) is 0 Å². The lowest BCUT2D eigenvalue weighted by atomic mass is 9.84. The molecule has 1 atom stereocenters. The van der Waals surface area contributed by atoms with Gasteiger partial charge in [0.2, 0.25) is 0 Å². The average Bonchev–Trinajstić information content (AvgIpc) is 2.28. The highest BCUT2D eigenvalue weighted by Gasteiger charge is 2.42. The molecule has 0 radical (unpaired) electrons. The third-order valence-corrected chi connectivity index (χ3v) is 4.11. The van der Waals surface area contributed by atoms with Gasteiger partial charge in [-0.3, -0.25) is 4.79 Å². The number of hydrogen-bond donors (Lipinski definition) is 0. The molecule has 1 aromatic rings. The number of carbonyl (C=O) groups is 1. The summed E-state index contributed by atoms with van der Waals surface area (Å²) in [6, 6.07) is 5.88. The molecule has 0 bridgehead atoms. The number of rotatable bonds is 0. The number of anilines is 1. The Morgan fingerprint density at radius 2 is 2.29 bits per heavy atom. The zero-order valence-corrected chi connectivity index (χ0v) is 11.3. The third kappa shape index (κ3) is 1.70. The van der Waals surface area contributed by atoms with E-state index in [0.29, 0.717) is 13.0 Å². The summed E-state index contributed by atoms with van der Waals surface area (Å²) in [5.74, 6) is 0.219. The van der Waals surface area contributed by atoms with E-state index in [1.54, 1.807) is 0 Å². The van der Waals surface area contributed by atoms with Gasteiger partial charge < -0.3 is 9.64 Å². The van der Waals surface area contributed by atoms with Gasteiger partial charge in [0, 0.05) is 28.7 Å². The van der Waals surface area contributed by atoms with Crippen molar-refractivity contribution >= 4 is 27.4 Å². The van der Waals surface area contributed by atoms with Crippen molar-refractivity contribution in [2.75, 3.05) is 24.7 Å². The van der Waals surface area contributed by atoms with Gasteiger partial charge >= 0.3 is 0 Å². The average molecular weight is 296 g/mol. The normalized spacial score (nSPS) is 27.6. The second kappa shape index (κ2) is 3.82. The maximum Gasteiger partial charge on any atom is 0.167 e. The fraction of sp³-hybridized carbons (Fsp3) is 0.462. The van der Waals surface area contributed by atoms with Crippen LogP contribution in [-0.2, 0) is 4.74 Å². The Morgan fingerprint density at radius 3 is 3.12 bits per heavy atom. The summed E-state index contributed by atoms with van der Waals surface area (Å²) in [7, 11) is 0. The Hall–Kier alpha value is -0.870. The predicted molar refractivity (Wildman–Crippen MR) is 69.7 cm³/mol. The Bertz CT molecular complexity index is 488. The zero-order valence-electron chi connectivity index (χ0n) is 9.70. The van der Waals surface area contributed by atoms with Crippen LogP contribution in [0.5, 0.6) is 0 Å². The summed E-state index contributed by atoms with van der Waals surface area (Å²) in [4.78, 5) is 14.5. The number of benzene rings is 1. The van der Waals surface area contributed by atoms with Crippen LogP contribution in [-0.4, -0.2) is 31.1 Å². The Kier molecular flexibility index (Phi) is 2.52. The first-order valence-corrected chi connectivity index (χ1v) is 6.58. The molecule has 3 nitrogen and oxygen atoms in total. The molecule has 0 N–H and O–H groups in total. The quantitative estimate of drug-likeness (QED) is 0.737. The first-order chi connectivity index (χ1) is 8.10. The monoisotopic (exact) mass is 295 g/mol. The lowest BCUT2D eigenvalue weighted by Gasteiger charge is -2.49. The molecule has 1 aromatic carbocycles. The van der Waals surface area contributed by atoms with E-state index in [2.05, 4.69) is 27.8 Å². The van der Waals surface area contributed by atoms with E-state index < -0.39 is 0 Å². The van der Waals surface area contributed by atoms with Crippen molar-refractivity contribution in [3.63, 3.8) is 0 Å². The molecule has 0 aromatic heterocycles. The molecule has 3 rings (SSSR count). The Labute approximate surface area is 109 Å². The molecular weight excluding hydrogens is 282 g/mol. The van der Waals surface area contributed by atoms with Crippen molar-refractivity contribution in [1.29, 1.82) is 0 Å². The van der Waals surface area contributed by atoms with E-state index >= 15 is 0 Å². The number of carbonyl (C=O) groups excluding carboxylic acids is 1.